The van der Waals surface area contributed by atoms with Gasteiger partial charge in [0, 0.05) is 0 Å². The molecule has 0 aliphatic carbocycles. The third-order valence-electron chi connectivity index (χ3n) is 7.22. The van der Waals surface area contributed by atoms with Gasteiger partial charge in [-0.1, -0.05) is 12.1 Å². The predicted molar refractivity (Wildman–Crippen MR) is 165 cm³/mol. The van der Waals surface area contributed by atoms with Crippen LogP contribution in [0.4, 0.5) is 5.69 Å². The molecule has 4 heterocycles. The standard InChI is InChI=1S/C34H8N16/c1-40-23-10-27-26(9-18(23)13-37)46-33(47-27)28(41-2)34-49-31(19(14-38)29-42-21-5-3-4-6-22(21)43-29)48-32(50-34)20(15-39)30-44-24-7-16(11-35)17(12-36)8-25(24)45-30/h3-10H/b33-28-. The summed E-state index contributed by atoms with van der Waals surface area (Å²) < 4.78 is 0. The van der Waals surface area contributed by atoms with Crippen LogP contribution in [-0.2, 0) is 0 Å². The van der Waals surface area contributed by atoms with Crippen LogP contribution in [0.3, 0.4) is 0 Å². The first-order valence-corrected chi connectivity index (χ1v) is 13.9. The van der Waals surface area contributed by atoms with Gasteiger partial charge in [0.1, 0.15) is 35.4 Å². The van der Waals surface area contributed by atoms with Gasteiger partial charge in [-0.25, -0.2) is 54.6 Å². The van der Waals surface area contributed by atoms with Crippen molar-refractivity contribution in [2.24, 2.45) is 30.0 Å². The molecule has 0 N–H and O–H groups in total. The quantitative estimate of drug-likeness (QED) is 0.229. The van der Waals surface area contributed by atoms with Crippen molar-refractivity contribution in [1.29, 1.82) is 26.3 Å². The fourth-order valence-electron chi connectivity index (χ4n) is 4.92. The lowest BCUT2D eigenvalue weighted by molar-refractivity contribution is 0.958. The lowest BCUT2D eigenvalue weighted by Crippen LogP contribution is -2.22. The van der Waals surface area contributed by atoms with Crippen molar-refractivity contribution in [3.8, 4) is 30.3 Å². The number of para-hydroxylation sites is 2. The van der Waals surface area contributed by atoms with Crippen LogP contribution in [-0.4, -0.2) is 15.0 Å². The molecule has 4 aromatic rings. The number of allylic oxidation sites excluding steroid dienone is 2. The van der Waals surface area contributed by atoms with Crippen LogP contribution in [0, 0.1) is 69.8 Å². The maximum absolute atomic E-state index is 10.3. The first-order chi connectivity index (χ1) is 24.4. The number of hydrogen-bond acceptors (Lipinski definition) is 14. The van der Waals surface area contributed by atoms with Gasteiger partial charge in [-0.3, -0.25) is 0 Å². The van der Waals surface area contributed by atoms with Crippen LogP contribution in [0.2, 0.25) is 0 Å². The minimum Gasteiger partial charge on any atom is -0.240 e. The van der Waals surface area contributed by atoms with Gasteiger partial charge >= 0.3 is 0 Å². The highest BCUT2D eigenvalue weighted by atomic mass is 15.1. The first-order valence-electron chi connectivity index (χ1n) is 13.9. The molecule has 50 heavy (non-hydrogen) atoms. The SMILES string of the molecule is [C-]#[N+]/C(=C1/N=c2cc(C#N)c([N+]#[C-])cc2=N1)c1nc(C(C#N)=C2N=c3ccccc3=N2)nc(C(C#N)=C2N=c3cc(C#N)c(C#N)cc3=N2)n1. The minimum absolute atomic E-state index is 0.0194. The number of fused-ring (bicyclic) bond motifs is 3. The van der Waals surface area contributed by atoms with E-state index in [9.17, 15) is 26.3 Å². The van der Waals surface area contributed by atoms with E-state index >= 15 is 0 Å². The molecule has 7 rings (SSSR count). The molecule has 3 aliphatic heterocycles. The Bertz CT molecular complexity index is 2810. The van der Waals surface area contributed by atoms with Crippen molar-refractivity contribution in [3.63, 3.8) is 0 Å². The lowest BCUT2D eigenvalue weighted by Gasteiger charge is -2.07. The Labute approximate surface area is 278 Å². The van der Waals surface area contributed by atoms with Gasteiger partial charge in [-0.05, 0) is 36.4 Å². The van der Waals surface area contributed by atoms with Crippen LogP contribution in [0.1, 0.15) is 34.2 Å². The first kappa shape index (κ1) is 29.8. The second-order valence-corrected chi connectivity index (χ2v) is 10.1. The molecule has 0 atom stereocenters. The molecule has 0 fully saturated rings. The van der Waals surface area contributed by atoms with E-state index in [0.717, 1.165) is 0 Å². The molecule has 3 aromatic carbocycles. The number of benzene rings is 3. The molecule has 16 heteroatoms. The van der Waals surface area contributed by atoms with Crippen LogP contribution < -0.4 is 32.1 Å². The van der Waals surface area contributed by atoms with Gasteiger partial charge in [0.25, 0.3) is 5.70 Å². The molecule has 0 unspecified atom stereocenters. The van der Waals surface area contributed by atoms with Crippen LogP contribution in [0.25, 0.3) is 26.5 Å². The monoisotopic (exact) mass is 640 g/mol. The summed E-state index contributed by atoms with van der Waals surface area (Å²) in [4.78, 5) is 46.5. The van der Waals surface area contributed by atoms with Crippen molar-refractivity contribution in [1.82, 2.24) is 15.0 Å². The number of rotatable bonds is 3. The van der Waals surface area contributed by atoms with Gasteiger partial charge in [-0.15, -0.1) is 0 Å². The summed E-state index contributed by atoms with van der Waals surface area (Å²) >= 11 is 0. The second kappa shape index (κ2) is 11.8. The van der Waals surface area contributed by atoms with Gasteiger partial charge in [0.15, 0.2) is 34.9 Å². The van der Waals surface area contributed by atoms with Gasteiger partial charge in [0.2, 0.25) is 5.69 Å². The Morgan fingerprint density at radius 1 is 0.520 bits per heavy atom. The van der Waals surface area contributed by atoms with E-state index in [2.05, 4.69) is 54.6 Å². The maximum Gasteiger partial charge on any atom is 0.274 e. The summed E-state index contributed by atoms with van der Waals surface area (Å²) in [6.07, 6.45) is 0. The minimum atomic E-state index is -0.327. The fourth-order valence-corrected chi connectivity index (χ4v) is 4.92. The summed E-state index contributed by atoms with van der Waals surface area (Å²) in [5, 5.41) is 50.9. The van der Waals surface area contributed by atoms with Crippen LogP contribution in [0.5, 0.6) is 0 Å². The molecule has 224 valence electrons. The van der Waals surface area contributed by atoms with E-state index in [1.54, 1.807) is 24.3 Å². The highest BCUT2D eigenvalue weighted by Crippen LogP contribution is 2.27. The van der Waals surface area contributed by atoms with E-state index in [1.807, 2.05) is 30.3 Å². The summed E-state index contributed by atoms with van der Waals surface area (Å²) in [6, 6.07) is 22.2. The molecular formula is C34H8N16. The van der Waals surface area contributed by atoms with Crippen molar-refractivity contribution >= 4 is 22.5 Å². The van der Waals surface area contributed by atoms with E-state index in [1.165, 1.54) is 24.3 Å². The molecule has 0 saturated carbocycles. The van der Waals surface area contributed by atoms with Gasteiger partial charge in [-0.2, -0.15) is 26.3 Å². The Morgan fingerprint density at radius 2 is 0.940 bits per heavy atom. The van der Waals surface area contributed by atoms with E-state index < -0.39 is 0 Å². The number of aromatic nitrogens is 3. The number of nitriles is 5. The molecule has 16 nitrogen and oxygen atoms in total. The zero-order chi connectivity index (χ0) is 34.9. The highest BCUT2D eigenvalue weighted by molar-refractivity contribution is 5.81. The van der Waals surface area contributed by atoms with E-state index in [0.29, 0.717) is 10.7 Å². The fraction of sp³-hybridized carbons (Fsp3) is 0. The summed E-state index contributed by atoms with van der Waals surface area (Å²) in [6.45, 7) is 15.4. The zero-order valence-electron chi connectivity index (χ0n) is 24.8. The summed E-state index contributed by atoms with van der Waals surface area (Å²) in [5.41, 5.74) is -0.539. The number of nitrogens with zero attached hydrogens (tertiary/aromatic N) is 16. The Morgan fingerprint density at radius 3 is 1.38 bits per heavy atom. The number of hydrogen-bond donors (Lipinski definition) is 0. The molecule has 0 amide bonds. The topological polar surface area (TPSA) is 240 Å². The normalized spacial score (nSPS) is 13.4. The summed E-state index contributed by atoms with van der Waals surface area (Å²) in [5.74, 6) is -1.27. The molecular weight excluding hydrogens is 632 g/mol. The van der Waals surface area contributed by atoms with Crippen LogP contribution >= 0.6 is 0 Å². The average Bonchev–Trinajstić information content (AvgIpc) is 3.87. The predicted octanol–water partition coefficient (Wildman–Crippen LogP) is 0.826. The average molecular weight is 641 g/mol. The largest absolute Gasteiger partial charge is 0.274 e. The smallest absolute Gasteiger partial charge is 0.240 e. The third-order valence-corrected chi connectivity index (χ3v) is 7.22. The van der Waals surface area contributed by atoms with E-state index in [-0.39, 0.29) is 95.6 Å². The Hall–Kier alpha value is -8.88. The molecule has 1 aromatic heterocycles. The second-order valence-electron chi connectivity index (χ2n) is 10.1. The van der Waals surface area contributed by atoms with Crippen LogP contribution in [0.15, 0.2) is 95.9 Å². The zero-order valence-corrected chi connectivity index (χ0v) is 24.8. The van der Waals surface area contributed by atoms with Crippen molar-refractivity contribution in [2.45, 2.75) is 0 Å². The lowest BCUT2D eigenvalue weighted by atomic mass is 10.1. The Kier molecular flexibility index (Phi) is 7.04. The molecule has 0 spiro atoms. The van der Waals surface area contributed by atoms with Crippen molar-refractivity contribution < 1.29 is 0 Å². The third kappa shape index (κ3) is 4.86. The maximum atomic E-state index is 10.3. The van der Waals surface area contributed by atoms with Crippen molar-refractivity contribution in [3.05, 3.63) is 155 Å². The molecule has 0 saturated heterocycles. The highest BCUT2D eigenvalue weighted by Gasteiger charge is 2.25. The summed E-state index contributed by atoms with van der Waals surface area (Å²) in [7, 11) is 0. The molecule has 3 aliphatic rings. The molecule has 0 bridgehead atoms. The van der Waals surface area contributed by atoms with Gasteiger partial charge in [0.05, 0.1) is 68.0 Å². The Balaban J connectivity index is 1.50. The van der Waals surface area contributed by atoms with Crippen molar-refractivity contribution in [2.75, 3.05) is 0 Å². The van der Waals surface area contributed by atoms with E-state index in [4.69, 9.17) is 13.1 Å². The van der Waals surface area contributed by atoms with Gasteiger partial charge < -0.3 is 0 Å². The molecule has 0 radical (unpaired) electrons.